The number of hydrogen-bond acceptors (Lipinski definition) is 5. The van der Waals surface area contributed by atoms with Gasteiger partial charge in [0, 0.05) is 18.2 Å². The van der Waals surface area contributed by atoms with Gasteiger partial charge in [0.2, 0.25) is 5.91 Å². The Morgan fingerprint density at radius 1 is 1.27 bits per heavy atom. The van der Waals surface area contributed by atoms with Gasteiger partial charge in [-0.1, -0.05) is 6.92 Å². The topological polar surface area (TPSA) is 79.3 Å². The van der Waals surface area contributed by atoms with Crippen molar-refractivity contribution < 1.29 is 24.2 Å². The highest BCUT2D eigenvalue weighted by atomic mass is 16.5. The molecule has 0 bridgehead atoms. The maximum atomic E-state index is 12.8. The van der Waals surface area contributed by atoms with Gasteiger partial charge < -0.3 is 19.5 Å². The van der Waals surface area contributed by atoms with E-state index < -0.39 is 5.97 Å². The maximum Gasteiger partial charge on any atom is 0.317 e. The smallest absolute Gasteiger partial charge is 0.317 e. The van der Waals surface area contributed by atoms with Crippen molar-refractivity contribution in [1.82, 2.24) is 9.80 Å². The molecule has 1 aromatic rings. The fourth-order valence-electron chi connectivity index (χ4n) is 3.49. The summed E-state index contributed by atoms with van der Waals surface area (Å²) in [6.07, 6.45) is 2.58. The molecule has 1 fully saturated rings. The number of likely N-dealkylation sites (tertiary alicyclic amines) is 1. The number of aliphatic carboxylic acids is 1. The Balaban J connectivity index is 2.16. The molecule has 1 N–H and O–H groups in total. The number of carboxylic acid groups (broad SMARTS) is 1. The summed E-state index contributed by atoms with van der Waals surface area (Å²) in [5.41, 5.74) is 0.958. The molecule has 0 aromatic heterocycles. The number of carbonyl (C=O) groups is 2. The van der Waals surface area contributed by atoms with E-state index in [0.29, 0.717) is 24.6 Å². The molecule has 2 rings (SSSR count). The van der Waals surface area contributed by atoms with Crippen LogP contribution in [0.2, 0.25) is 0 Å². The summed E-state index contributed by atoms with van der Waals surface area (Å²) in [6.45, 7) is 3.23. The van der Waals surface area contributed by atoms with Crippen LogP contribution in [-0.4, -0.2) is 67.2 Å². The summed E-state index contributed by atoms with van der Waals surface area (Å²) in [5.74, 6) is 0.447. The van der Waals surface area contributed by atoms with Gasteiger partial charge in [-0.05, 0) is 37.9 Å². The first-order valence-corrected chi connectivity index (χ1v) is 8.95. The van der Waals surface area contributed by atoms with Crippen LogP contribution in [0.15, 0.2) is 18.2 Å². The lowest BCUT2D eigenvalue weighted by molar-refractivity contribution is -0.140. The predicted molar refractivity (Wildman–Crippen MR) is 97.6 cm³/mol. The highest BCUT2D eigenvalue weighted by molar-refractivity contribution is 5.80. The third kappa shape index (κ3) is 4.88. The first-order valence-electron chi connectivity index (χ1n) is 8.95. The molecule has 0 spiro atoms. The second-order valence-corrected chi connectivity index (χ2v) is 6.46. The molecule has 0 aliphatic carbocycles. The average molecular weight is 364 g/mol. The Hall–Kier alpha value is -2.28. The first kappa shape index (κ1) is 20.0. The third-order valence-corrected chi connectivity index (χ3v) is 4.63. The van der Waals surface area contributed by atoms with Crippen molar-refractivity contribution in [2.75, 3.05) is 40.4 Å². The standard InChI is InChI=1S/C19H28N2O5/c1-4-9-20(13-19(23)24)12-18(22)21-10-5-6-16(21)15-8-7-14(25-2)11-17(15)26-3/h7-8,11,16H,4-6,9-10,12-13H2,1-3H3,(H,23,24). The zero-order valence-electron chi connectivity index (χ0n) is 15.7. The number of benzene rings is 1. The molecule has 1 aromatic carbocycles. The van der Waals surface area contributed by atoms with Crippen molar-refractivity contribution >= 4 is 11.9 Å². The largest absolute Gasteiger partial charge is 0.497 e. The maximum absolute atomic E-state index is 12.8. The van der Waals surface area contributed by atoms with Gasteiger partial charge in [-0.25, -0.2) is 0 Å². The highest BCUT2D eigenvalue weighted by Crippen LogP contribution is 2.38. The Labute approximate surface area is 154 Å². The van der Waals surface area contributed by atoms with Gasteiger partial charge in [-0.15, -0.1) is 0 Å². The molecule has 7 heteroatoms. The summed E-state index contributed by atoms with van der Waals surface area (Å²) in [6, 6.07) is 5.57. The Kier molecular flexibility index (Phi) is 7.26. The van der Waals surface area contributed by atoms with Crippen molar-refractivity contribution in [1.29, 1.82) is 0 Å². The van der Waals surface area contributed by atoms with E-state index in [1.807, 2.05) is 30.0 Å². The molecule has 1 atom stereocenters. The number of amides is 1. The van der Waals surface area contributed by atoms with E-state index in [1.165, 1.54) is 0 Å². The molecule has 0 saturated carbocycles. The number of carbonyl (C=O) groups excluding carboxylic acids is 1. The summed E-state index contributed by atoms with van der Waals surface area (Å²) in [5, 5.41) is 9.04. The van der Waals surface area contributed by atoms with Gasteiger partial charge in [0.15, 0.2) is 0 Å². The lowest BCUT2D eigenvalue weighted by Gasteiger charge is -2.29. The highest BCUT2D eigenvalue weighted by Gasteiger charge is 2.32. The van der Waals surface area contributed by atoms with Crippen molar-refractivity contribution in [3.05, 3.63) is 23.8 Å². The molecule has 1 saturated heterocycles. The van der Waals surface area contributed by atoms with E-state index >= 15 is 0 Å². The first-order chi connectivity index (χ1) is 12.5. The minimum Gasteiger partial charge on any atom is -0.497 e. The van der Waals surface area contributed by atoms with E-state index in [9.17, 15) is 9.59 Å². The average Bonchev–Trinajstić information content (AvgIpc) is 3.10. The number of methoxy groups -OCH3 is 2. The van der Waals surface area contributed by atoms with Gasteiger partial charge >= 0.3 is 5.97 Å². The Morgan fingerprint density at radius 3 is 2.65 bits per heavy atom. The van der Waals surface area contributed by atoms with E-state index in [1.54, 1.807) is 19.1 Å². The lowest BCUT2D eigenvalue weighted by atomic mass is 10.0. The molecular formula is C19H28N2O5. The van der Waals surface area contributed by atoms with Crippen LogP contribution < -0.4 is 9.47 Å². The molecule has 7 nitrogen and oxygen atoms in total. The second-order valence-electron chi connectivity index (χ2n) is 6.46. The zero-order valence-corrected chi connectivity index (χ0v) is 15.7. The van der Waals surface area contributed by atoms with Crippen molar-refractivity contribution in [2.24, 2.45) is 0 Å². The van der Waals surface area contributed by atoms with E-state index in [-0.39, 0.29) is 25.0 Å². The van der Waals surface area contributed by atoms with Crippen molar-refractivity contribution in [2.45, 2.75) is 32.2 Å². The number of hydrogen-bond donors (Lipinski definition) is 1. The fraction of sp³-hybridized carbons (Fsp3) is 0.579. The fourth-order valence-corrected chi connectivity index (χ4v) is 3.49. The summed E-state index contributed by atoms with van der Waals surface area (Å²) < 4.78 is 10.7. The van der Waals surface area contributed by atoms with Crippen LogP contribution in [0.5, 0.6) is 11.5 Å². The van der Waals surface area contributed by atoms with E-state index in [0.717, 1.165) is 24.8 Å². The monoisotopic (exact) mass is 364 g/mol. The molecule has 1 unspecified atom stereocenters. The van der Waals surface area contributed by atoms with Gasteiger partial charge in [0.05, 0.1) is 33.4 Å². The van der Waals surface area contributed by atoms with Crippen LogP contribution in [0.1, 0.15) is 37.8 Å². The molecule has 1 heterocycles. The summed E-state index contributed by atoms with van der Waals surface area (Å²) in [4.78, 5) is 27.4. The molecule has 1 aliphatic heterocycles. The molecule has 0 radical (unpaired) electrons. The number of nitrogens with zero attached hydrogens (tertiary/aromatic N) is 2. The van der Waals surface area contributed by atoms with Crippen LogP contribution in [0.4, 0.5) is 0 Å². The number of ether oxygens (including phenoxy) is 2. The van der Waals surface area contributed by atoms with Crippen LogP contribution in [0, 0.1) is 0 Å². The van der Waals surface area contributed by atoms with Crippen LogP contribution in [0.25, 0.3) is 0 Å². The molecule has 144 valence electrons. The van der Waals surface area contributed by atoms with Crippen LogP contribution in [-0.2, 0) is 9.59 Å². The Bertz CT molecular complexity index is 634. The predicted octanol–water partition coefficient (Wildman–Crippen LogP) is 2.16. The minimum absolute atomic E-state index is 0.0416. The van der Waals surface area contributed by atoms with Crippen molar-refractivity contribution in [3.8, 4) is 11.5 Å². The Morgan fingerprint density at radius 2 is 2.04 bits per heavy atom. The van der Waals surface area contributed by atoms with Crippen molar-refractivity contribution in [3.63, 3.8) is 0 Å². The number of rotatable bonds is 9. The van der Waals surface area contributed by atoms with Crippen LogP contribution >= 0.6 is 0 Å². The quantitative estimate of drug-likeness (QED) is 0.723. The van der Waals surface area contributed by atoms with E-state index in [2.05, 4.69) is 0 Å². The molecular weight excluding hydrogens is 336 g/mol. The summed E-state index contributed by atoms with van der Waals surface area (Å²) in [7, 11) is 3.21. The zero-order chi connectivity index (χ0) is 19.1. The normalized spacial score (nSPS) is 16.8. The van der Waals surface area contributed by atoms with Gasteiger partial charge in [-0.3, -0.25) is 14.5 Å². The van der Waals surface area contributed by atoms with Gasteiger partial charge in [-0.2, -0.15) is 0 Å². The third-order valence-electron chi connectivity index (χ3n) is 4.63. The second kappa shape index (κ2) is 9.43. The van der Waals surface area contributed by atoms with Gasteiger partial charge in [0.1, 0.15) is 11.5 Å². The molecule has 1 aliphatic rings. The molecule has 1 amide bonds. The van der Waals surface area contributed by atoms with Gasteiger partial charge in [0.25, 0.3) is 0 Å². The summed E-state index contributed by atoms with van der Waals surface area (Å²) >= 11 is 0. The SMILES string of the molecule is CCCN(CC(=O)O)CC(=O)N1CCCC1c1ccc(OC)cc1OC. The minimum atomic E-state index is -0.916. The van der Waals surface area contributed by atoms with E-state index in [4.69, 9.17) is 14.6 Å². The lowest BCUT2D eigenvalue weighted by Crippen LogP contribution is -2.42. The number of carboxylic acids is 1. The molecule has 26 heavy (non-hydrogen) atoms. The van der Waals surface area contributed by atoms with Crippen LogP contribution in [0.3, 0.4) is 0 Å².